The highest BCUT2D eigenvalue weighted by Crippen LogP contribution is 2.50. The Morgan fingerprint density at radius 2 is 2.04 bits per heavy atom. The summed E-state index contributed by atoms with van der Waals surface area (Å²) in [6.45, 7) is 3.44. The zero-order valence-electron chi connectivity index (χ0n) is 14.4. The van der Waals surface area contributed by atoms with Crippen molar-refractivity contribution in [3.05, 3.63) is 35.9 Å². The fraction of sp³-hybridized carbons (Fsp3) is 0.650. The molecule has 1 amide bonds. The molecule has 1 unspecified atom stereocenters. The van der Waals surface area contributed by atoms with Gasteiger partial charge < -0.3 is 15.0 Å². The third-order valence-corrected chi connectivity index (χ3v) is 6.35. The molecule has 4 rings (SSSR count). The third-order valence-electron chi connectivity index (χ3n) is 6.35. The highest BCUT2D eigenvalue weighted by atomic mass is 16.6. The van der Waals surface area contributed by atoms with Crippen LogP contribution in [0.25, 0.3) is 0 Å². The number of hydrogen-bond donors (Lipinski definition) is 1. The standard InChI is InChI=1S/C20H28N2O2/c23-19(24-13-16-7-2-1-3-8-16)22-15-20(11-6-12-21-14-20)17-9-4-5-10-18(17)22/h1-3,7-8,17-18,21H,4-6,9-15H2/t17-,18+,20?/m0/s1. The van der Waals surface area contributed by atoms with Crippen LogP contribution in [-0.4, -0.2) is 36.7 Å². The van der Waals surface area contributed by atoms with Gasteiger partial charge >= 0.3 is 6.09 Å². The lowest BCUT2D eigenvalue weighted by Crippen LogP contribution is -2.46. The number of amides is 1. The van der Waals surface area contributed by atoms with E-state index in [1.807, 2.05) is 30.3 Å². The summed E-state index contributed by atoms with van der Waals surface area (Å²) in [7, 11) is 0. The summed E-state index contributed by atoms with van der Waals surface area (Å²) in [5, 5.41) is 3.59. The van der Waals surface area contributed by atoms with Gasteiger partial charge in [-0.1, -0.05) is 43.2 Å². The van der Waals surface area contributed by atoms with E-state index in [9.17, 15) is 4.79 Å². The van der Waals surface area contributed by atoms with Crippen molar-refractivity contribution in [1.82, 2.24) is 10.2 Å². The molecule has 2 aliphatic heterocycles. The molecule has 0 bridgehead atoms. The number of ether oxygens (including phenoxy) is 1. The predicted molar refractivity (Wildman–Crippen MR) is 93.6 cm³/mol. The van der Waals surface area contributed by atoms with Crippen LogP contribution >= 0.6 is 0 Å². The number of carbonyl (C=O) groups is 1. The van der Waals surface area contributed by atoms with E-state index in [2.05, 4.69) is 10.2 Å². The number of hydrogen-bond acceptors (Lipinski definition) is 3. The van der Waals surface area contributed by atoms with Crippen LogP contribution in [0.5, 0.6) is 0 Å². The van der Waals surface area contributed by atoms with Gasteiger partial charge in [-0.2, -0.15) is 0 Å². The molecule has 2 saturated heterocycles. The van der Waals surface area contributed by atoms with Crippen molar-refractivity contribution < 1.29 is 9.53 Å². The van der Waals surface area contributed by atoms with Crippen LogP contribution in [0, 0.1) is 11.3 Å². The molecule has 3 atom stereocenters. The van der Waals surface area contributed by atoms with Gasteiger partial charge in [0.15, 0.2) is 0 Å². The minimum absolute atomic E-state index is 0.113. The summed E-state index contributed by atoms with van der Waals surface area (Å²) in [6.07, 6.45) is 7.35. The van der Waals surface area contributed by atoms with Gasteiger partial charge in [0.25, 0.3) is 0 Å². The Hall–Kier alpha value is -1.55. The number of carbonyl (C=O) groups excluding carboxylic acids is 1. The van der Waals surface area contributed by atoms with Crippen LogP contribution in [0.3, 0.4) is 0 Å². The van der Waals surface area contributed by atoms with Gasteiger partial charge in [0.1, 0.15) is 6.61 Å². The van der Waals surface area contributed by atoms with Crippen LogP contribution in [0.1, 0.15) is 44.1 Å². The first-order chi connectivity index (χ1) is 11.8. The van der Waals surface area contributed by atoms with Crippen molar-refractivity contribution in [2.24, 2.45) is 11.3 Å². The van der Waals surface area contributed by atoms with Crippen molar-refractivity contribution in [3.8, 4) is 0 Å². The van der Waals surface area contributed by atoms with E-state index in [-0.39, 0.29) is 11.5 Å². The maximum atomic E-state index is 12.8. The number of nitrogens with zero attached hydrogens (tertiary/aromatic N) is 1. The molecule has 0 aromatic heterocycles. The zero-order chi connectivity index (χ0) is 16.4. The zero-order valence-corrected chi connectivity index (χ0v) is 14.4. The van der Waals surface area contributed by atoms with Crippen LogP contribution in [-0.2, 0) is 11.3 Å². The van der Waals surface area contributed by atoms with Gasteiger partial charge in [-0.05, 0) is 43.7 Å². The summed E-state index contributed by atoms with van der Waals surface area (Å²) in [5.74, 6) is 0.656. The molecule has 4 nitrogen and oxygen atoms in total. The maximum absolute atomic E-state index is 12.8. The first-order valence-electron chi connectivity index (χ1n) is 9.47. The number of rotatable bonds is 2. The lowest BCUT2D eigenvalue weighted by atomic mass is 9.66. The Bertz CT molecular complexity index is 568. The molecule has 24 heavy (non-hydrogen) atoms. The Morgan fingerprint density at radius 1 is 1.21 bits per heavy atom. The molecule has 2 heterocycles. The average Bonchev–Trinajstić information content (AvgIpc) is 2.96. The van der Waals surface area contributed by atoms with E-state index < -0.39 is 0 Å². The van der Waals surface area contributed by atoms with Crippen LogP contribution in [0.2, 0.25) is 0 Å². The van der Waals surface area contributed by atoms with Crippen molar-refractivity contribution in [3.63, 3.8) is 0 Å². The van der Waals surface area contributed by atoms with Gasteiger partial charge in [0.05, 0.1) is 0 Å². The largest absolute Gasteiger partial charge is 0.445 e. The quantitative estimate of drug-likeness (QED) is 0.902. The van der Waals surface area contributed by atoms with Gasteiger partial charge in [-0.25, -0.2) is 4.79 Å². The fourth-order valence-corrected chi connectivity index (χ4v) is 5.22. The fourth-order valence-electron chi connectivity index (χ4n) is 5.22. The van der Waals surface area contributed by atoms with E-state index in [1.165, 1.54) is 32.1 Å². The summed E-state index contributed by atoms with van der Waals surface area (Å²) in [4.78, 5) is 14.9. The van der Waals surface area contributed by atoms with Crippen LogP contribution < -0.4 is 5.32 Å². The molecule has 1 N–H and O–H groups in total. The van der Waals surface area contributed by atoms with Crippen molar-refractivity contribution in [2.75, 3.05) is 19.6 Å². The first kappa shape index (κ1) is 15.9. The number of likely N-dealkylation sites (tertiary alicyclic amines) is 1. The highest BCUT2D eigenvalue weighted by Gasteiger charge is 2.54. The highest BCUT2D eigenvalue weighted by molar-refractivity contribution is 5.69. The molecule has 1 spiro atoms. The Labute approximate surface area is 144 Å². The second-order valence-electron chi connectivity index (χ2n) is 7.77. The molecular formula is C20H28N2O2. The summed E-state index contributed by atoms with van der Waals surface area (Å²) in [6, 6.07) is 10.4. The molecule has 1 aromatic carbocycles. The lowest BCUT2D eigenvalue weighted by Gasteiger charge is -2.41. The van der Waals surface area contributed by atoms with Crippen LogP contribution in [0.15, 0.2) is 30.3 Å². The normalized spacial score (nSPS) is 32.6. The number of piperidine rings is 1. The summed E-state index contributed by atoms with van der Waals surface area (Å²) < 4.78 is 5.66. The SMILES string of the molecule is O=C(OCc1ccccc1)N1CC2(CCCNC2)[C@H]2CCCC[C@H]21. The predicted octanol–water partition coefficient (Wildman–Crippen LogP) is 3.57. The molecule has 1 aliphatic carbocycles. The van der Waals surface area contributed by atoms with E-state index in [4.69, 9.17) is 4.74 Å². The second-order valence-corrected chi connectivity index (χ2v) is 7.77. The smallest absolute Gasteiger partial charge is 0.410 e. The molecular weight excluding hydrogens is 300 g/mol. The first-order valence-corrected chi connectivity index (χ1v) is 9.47. The van der Waals surface area contributed by atoms with Gasteiger partial charge in [-0.15, -0.1) is 0 Å². The molecule has 4 heteroatoms. The lowest BCUT2D eigenvalue weighted by molar-refractivity contribution is 0.0822. The van der Waals surface area contributed by atoms with Crippen LogP contribution in [0.4, 0.5) is 4.79 Å². The Morgan fingerprint density at radius 3 is 2.83 bits per heavy atom. The van der Waals surface area contributed by atoms with Crippen molar-refractivity contribution in [1.29, 1.82) is 0 Å². The van der Waals surface area contributed by atoms with E-state index in [0.29, 0.717) is 18.6 Å². The monoisotopic (exact) mass is 328 g/mol. The van der Waals surface area contributed by atoms with Gasteiger partial charge in [0, 0.05) is 24.5 Å². The minimum Gasteiger partial charge on any atom is -0.445 e. The van der Waals surface area contributed by atoms with Gasteiger partial charge in [0.2, 0.25) is 0 Å². The topological polar surface area (TPSA) is 41.6 Å². The molecule has 0 radical (unpaired) electrons. The van der Waals surface area contributed by atoms with Crippen molar-refractivity contribution in [2.45, 2.75) is 51.2 Å². The number of benzene rings is 1. The Kier molecular flexibility index (Phi) is 4.49. The number of nitrogens with one attached hydrogen (secondary N) is 1. The molecule has 1 aromatic rings. The second kappa shape index (κ2) is 6.75. The number of fused-ring (bicyclic) bond motifs is 2. The maximum Gasteiger partial charge on any atom is 0.410 e. The molecule has 1 saturated carbocycles. The summed E-state index contributed by atoms with van der Waals surface area (Å²) in [5.41, 5.74) is 1.34. The van der Waals surface area contributed by atoms with E-state index in [0.717, 1.165) is 31.6 Å². The third kappa shape index (κ3) is 2.92. The summed E-state index contributed by atoms with van der Waals surface area (Å²) >= 11 is 0. The van der Waals surface area contributed by atoms with E-state index >= 15 is 0 Å². The van der Waals surface area contributed by atoms with Crippen molar-refractivity contribution >= 4 is 6.09 Å². The minimum atomic E-state index is -0.113. The van der Waals surface area contributed by atoms with Gasteiger partial charge in [-0.3, -0.25) is 0 Å². The molecule has 3 aliphatic rings. The molecule has 130 valence electrons. The molecule has 3 fully saturated rings. The average molecular weight is 328 g/mol. The Balaban J connectivity index is 1.46. The van der Waals surface area contributed by atoms with E-state index in [1.54, 1.807) is 0 Å².